The molecule has 0 bridgehead atoms. The lowest BCUT2D eigenvalue weighted by molar-refractivity contribution is -0.139. The number of amides is 2. The summed E-state index contributed by atoms with van der Waals surface area (Å²) in [6.07, 6.45) is 0.732. The van der Waals surface area contributed by atoms with Gasteiger partial charge < -0.3 is 10.2 Å². The second-order valence-electron chi connectivity index (χ2n) is 8.40. The van der Waals surface area contributed by atoms with E-state index in [0.29, 0.717) is 27.8 Å². The van der Waals surface area contributed by atoms with Crippen LogP contribution in [-0.4, -0.2) is 44.3 Å². The maximum Gasteiger partial charge on any atom is 0.264 e. The lowest BCUT2D eigenvalue weighted by Crippen LogP contribution is -2.51. The highest BCUT2D eigenvalue weighted by atomic mass is 35.5. The molecular weight excluding hydrogens is 533 g/mol. The molecule has 0 heterocycles. The van der Waals surface area contributed by atoms with Gasteiger partial charge in [0.2, 0.25) is 11.8 Å². The Morgan fingerprint density at radius 3 is 2.14 bits per heavy atom. The van der Waals surface area contributed by atoms with E-state index in [9.17, 15) is 18.0 Å². The molecule has 0 fully saturated rings. The maximum absolute atomic E-state index is 13.8. The standard InChI is InChI=1S/C27H29Cl2N3O4S/c1-3-16-30-27(34)20(2)31(18-21-14-15-24(28)25(29)17-21)26(33)19-32(22-10-6-4-7-11-22)37(35,36)23-12-8-5-9-13-23/h4-15,17,20H,3,16,18-19H2,1-2H3,(H,30,34). The number of para-hydroxylation sites is 1. The van der Waals surface area contributed by atoms with Crippen LogP contribution in [0.25, 0.3) is 0 Å². The molecule has 2 amide bonds. The first-order valence-corrected chi connectivity index (χ1v) is 14.0. The number of nitrogens with one attached hydrogen (secondary N) is 1. The zero-order valence-electron chi connectivity index (χ0n) is 20.6. The first-order valence-electron chi connectivity index (χ1n) is 11.8. The topological polar surface area (TPSA) is 86.8 Å². The van der Waals surface area contributed by atoms with Gasteiger partial charge in [-0.05, 0) is 55.3 Å². The van der Waals surface area contributed by atoms with Gasteiger partial charge in [0.15, 0.2) is 0 Å². The summed E-state index contributed by atoms with van der Waals surface area (Å²) in [6.45, 7) is 3.52. The lowest BCUT2D eigenvalue weighted by atomic mass is 10.1. The molecule has 0 aliphatic heterocycles. The minimum Gasteiger partial charge on any atom is -0.354 e. The molecule has 0 saturated carbocycles. The van der Waals surface area contributed by atoms with Crippen LogP contribution in [-0.2, 0) is 26.2 Å². The summed E-state index contributed by atoms with van der Waals surface area (Å²) in [6, 6.07) is 20.4. The minimum absolute atomic E-state index is 0.0322. The number of rotatable bonds is 11. The van der Waals surface area contributed by atoms with E-state index in [-0.39, 0.29) is 17.3 Å². The van der Waals surface area contributed by atoms with Crippen LogP contribution in [0.5, 0.6) is 0 Å². The minimum atomic E-state index is -4.08. The van der Waals surface area contributed by atoms with Gasteiger partial charge in [-0.25, -0.2) is 8.42 Å². The zero-order valence-corrected chi connectivity index (χ0v) is 22.9. The Labute approximate surface area is 228 Å². The first-order chi connectivity index (χ1) is 17.6. The average molecular weight is 563 g/mol. The number of hydrogen-bond acceptors (Lipinski definition) is 4. The van der Waals surface area contributed by atoms with Crippen LogP contribution in [0.1, 0.15) is 25.8 Å². The second-order valence-corrected chi connectivity index (χ2v) is 11.1. The molecule has 196 valence electrons. The van der Waals surface area contributed by atoms with Crippen LogP contribution in [0.15, 0.2) is 83.8 Å². The van der Waals surface area contributed by atoms with Crippen molar-refractivity contribution < 1.29 is 18.0 Å². The van der Waals surface area contributed by atoms with Crippen LogP contribution >= 0.6 is 23.2 Å². The molecule has 3 aromatic carbocycles. The molecule has 3 aromatic rings. The monoisotopic (exact) mass is 561 g/mol. The Balaban J connectivity index is 1.99. The van der Waals surface area contributed by atoms with E-state index in [4.69, 9.17) is 23.2 Å². The number of nitrogens with zero attached hydrogens (tertiary/aromatic N) is 2. The Kier molecular flexibility index (Phi) is 9.97. The van der Waals surface area contributed by atoms with Crippen LogP contribution in [0.2, 0.25) is 10.0 Å². The van der Waals surface area contributed by atoms with E-state index in [2.05, 4.69) is 5.32 Å². The van der Waals surface area contributed by atoms with Gasteiger partial charge in [0.05, 0.1) is 20.6 Å². The number of halogens is 2. The Morgan fingerprint density at radius 2 is 1.54 bits per heavy atom. The molecular formula is C27H29Cl2N3O4S. The molecule has 1 unspecified atom stereocenters. The van der Waals surface area contributed by atoms with Crippen LogP contribution in [0.3, 0.4) is 0 Å². The summed E-state index contributed by atoms with van der Waals surface area (Å²) in [4.78, 5) is 28.0. The Bertz CT molecular complexity index is 1320. The van der Waals surface area contributed by atoms with Crippen molar-refractivity contribution in [3.05, 3.63) is 94.5 Å². The van der Waals surface area contributed by atoms with Crippen molar-refractivity contribution in [1.82, 2.24) is 10.2 Å². The number of sulfonamides is 1. The predicted octanol–water partition coefficient (Wildman–Crippen LogP) is 5.13. The molecule has 0 aromatic heterocycles. The van der Waals surface area contributed by atoms with Crippen molar-refractivity contribution in [3.63, 3.8) is 0 Å². The molecule has 0 aliphatic rings. The normalized spacial score (nSPS) is 12.0. The van der Waals surface area contributed by atoms with Crippen molar-refractivity contribution in [2.24, 2.45) is 0 Å². The third-order valence-electron chi connectivity index (χ3n) is 5.71. The van der Waals surface area contributed by atoms with Crippen LogP contribution < -0.4 is 9.62 Å². The molecule has 10 heteroatoms. The fraction of sp³-hybridized carbons (Fsp3) is 0.259. The van der Waals surface area contributed by atoms with Gasteiger partial charge in [0.25, 0.3) is 10.0 Å². The van der Waals surface area contributed by atoms with E-state index < -0.39 is 28.5 Å². The number of hydrogen-bond donors (Lipinski definition) is 1. The highest BCUT2D eigenvalue weighted by molar-refractivity contribution is 7.92. The van der Waals surface area contributed by atoms with Crippen molar-refractivity contribution in [2.75, 3.05) is 17.4 Å². The predicted molar refractivity (Wildman–Crippen MR) is 147 cm³/mol. The molecule has 0 radical (unpaired) electrons. The molecule has 7 nitrogen and oxygen atoms in total. The van der Waals surface area contributed by atoms with Gasteiger partial charge in [0.1, 0.15) is 12.6 Å². The van der Waals surface area contributed by atoms with Gasteiger partial charge in [0, 0.05) is 13.1 Å². The van der Waals surface area contributed by atoms with E-state index in [1.165, 1.54) is 17.0 Å². The molecule has 3 rings (SSSR count). The molecule has 1 N–H and O–H groups in total. The van der Waals surface area contributed by atoms with Crippen molar-refractivity contribution in [2.45, 2.75) is 37.8 Å². The zero-order chi connectivity index (χ0) is 27.0. The Hall–Kier alpha value is -3.07. The van der Waals surface area contributed by atoms with Crippen LogP contribution in [0, 0.1) is 0 Å². The Morgan fingerprint density at radius 1 is 0.919 bits per heavy atom. The molecule has 0 spiro atoms. The largest absolute Gasteiger partial charge is 0.354 e. The second kappa shape index (κ2) is 12.9. The number of carbonyl (C=O) groups excluding carboxylic acids is 2. The highest BCUT2D eigenvalue weighted by Gasteiger charge is 2.32. The fourth-order valence-corrected chi connectivity index (χ4v) is 5.41. The lowest BCUT2D eigenvalue weighted by Gasteiger charge is -2.32. The van der Waals surface area contributed by atoms with Gasteiger partial charge in [-0.3, -0.25) is 13.9 Å². The smallest absolute Gasteiger partial charge is 0.264 e. The number of anilines is 1. The average Bonchev–Trinajstić information content (AvgIpc) is 2.91. The van der Waals surface area contributed by atoms with E-state index in [1.54, 1.807) is 73.7 Å². The third-order valence-corrected chi connectivity index (χ3v) is 8.23. The third kappa shape index (κ3) is 7.25. The number of benzene rings is 3. The van der Waals surface area contributed by atoms with Gasteiger partial charge >= 0.3 is 0 Å². The molecule has 0 aliphatic carbocycles. The van der Waals surface area contributed by atoms with Crippen molar-refractivity contribution in [3.8, 4) is 0 Å². The summed E-state index contributed by atoms with van der Waals surface area (Å²) < 4.78 is 28.3. The quantitative estimate of drug-likeness (QED) is 0.351. The van der Waals surface area contributed by atoms with Crippen molar-refractivity contribution >= 4 is 50.7 Å². The van der Waals surface area contributed by atoms with Gasteiger partial charge in [-0.2, -0.15) is 0 Å². The summed E-state index contributed by atoms with van der Waals surface area (Å²) in [5, 5.41) is 3.48. The summed E-state index contributed by atoms with van der Waals surface area (Å²) in [5.41, 5.74) is 0.979. The summed E-state index contributed by atoms with van der Waals surface area (Å²) in [5.74, 6) is -0.888. The van der Waals surface area contributed by atoms with Gasteiger partial charge in [-0.1, -0.05) is 72.6 Å². The maximum atomic E-state index is 13.8. The number of carbonyl (C=O) groups is 2. The van der Waals surface area contributed by atoms with E-state index in [0.717, 1.165) is 10.7 Å². The summed E-state index contributed by atoms with van der Waals surface area (Å²) >= 11 is 12.2. The van der Waals surface area contributed by atoms with Gasteiger partial charge in [-0.15, -0.1) is 0 Å². The van der Waals surface area contributed by atoms with Crippen molar-refractivity contribution in [1.29, 1.82) is 0 Å². The highest BCUT2D eigenvalue weighted by Crippen LogP contribution is 2.26. The fourth-order valence-electron chi connectivity index (χ4n) is 3.66. The first kappa shape index (κ1) is 28.5. The van der Waals surface area contributed by atoms with E-state index in [1.807, 2.05) is 6.92 Å². The molecule has 1 atom stereocenters. The molecule has 0 saturated heterocycles. The summed E-state index contributed by atoms with van der Waals surface area (Å²) in [7, 11) is -4.08. The van der Waals surface area contributed by atoms with E-state index >= 15 is 0 Å². The SMILES string of the molecule is CCCNC(=O)C(C)N(Cc1ccc(Cl)c(Cl)c1)C(=O)CN(c1ccccc1)S(=O)(=O)c1ccccc1. The molecule has 37 heavy (non-hydrogen) atoms. The van der Waals surface area contributed by atoms with Crippen LogP contribution in [0.4, 0.5) is 5.69 Å².